The number of nitrogens with two attached hydrogens (primary N) is 2. The molecule has 0 radical (unpaired) electrons. The number of carbonyl (C=O) groups excluding carboxylic acids is 1. The lowest BCUT2D eigenvalue weighted by Gasteiger charge is -2.12. The van der Waals surface area contributed by atoms with Gasteiger partial charge in [-0.05, 0) is 19.1 Å². The molecule has 0 aliphatic heterocycles. The zero-order valence-electron chi connectivity index (χ0n) is 14.6. The normalized spacial score (nSPS) is 12.2. The van der Waals surface area contributed by atoms with Crippen molar-refractivity contribution in [2.75, 3.05) is 5.73 Å². The highest BCUT2D eigenvalue weighted by Gasteiger charge is 2.22. The van der Waals surface area contributed by atoms with E-state index >= 15 is 0 Å². The maximum atomic E-state index is 11.8. The molecule has 0 saturated heterocycles. The molecule has 1 amide bonds. The van der Waals surface area contributed by atoms with Gasteiger partial charge >= 0.3 is 6.01 Å². The molecular weight excluding hydrogens is 400 g/mol. The molecule has 4 rings (SSSR count). The number of hydrogen-bond acceptors (Lipinski definition) is 7. The monoisotopic (exact) mass is 414 g/mol. The van der Waals surface area contributed by atoms with E-state index in [-0.39, 0.29) is 22.7 Å². The van der Waals surface area contributed by atoms with Gasteiger partial charge in [-0.1, -0.05) is 23.7 Å². The molecule has 1 atom stereocenters. The van der Waals surface area contributed by atoms with Gasteiger partial charge in [-0.3, -0.25) is 4.79 Å². The molecule has 4 aromatic rings. The molecule has 0 bridgehead atoms. The molecule has 8 nitrogen and oxygen atoms in total. The number of nitrogens with one attached hydrogen (secondary N) is 1. The number of fused-ring (bicyclic) bond motifs is 1. The number of nitrogens with zero attached hydrogens (tertiary/aromatic N) is 3. The number of rotatable bonds is 5. The first-order valence-corrected chi connectivity index (χ1v) is 9.44. The number of hydrogen-bond donors (Lipinski definition) is 3. The second kappa shape index (κ2) is 7.10. The summed E-state index contributed by atoms with van der Waals surface area (Å²) in [5.41, 5.74) is 13.8. The van der Waals surface area contributed by atoms with E-state index in [4.69, 9.17) is 27.8 Å². The second-order valence-corrected chi connectivity index (χ2v) is 7.44. The fourth-order valence-electron chi connectivity index (χ4n) is 2.80. The first-order valence-electron chi connectivity index (χ1n) is 8.25. The van der Waals surface area contributed by atoms with Gasteiger partial charge in [0.15, 0.2) is 0 Å². The molecular formula is C18H15ClN6O2S. The lowest BCUT2D eigenvalue weighted by atomic mass is 10.1. The average Bonchev–Trinajstić information content (AvgIpc) is 3.30. The van der Waals surface area contributed by atoms with Crippen LogP contribution in [0.3, 0.4) is 0 Å². The van der Waals surface area contributed by atoms with Crippen LogP contribution in [0.4, 0.5) is 5.69 Å². The Hall–Kier alpha value is -3.17. The Morgan fingerprint density at radius 1 is 1.36 bits per heavy atom. The molecule has 0 fully saturated rings. The number of carbonyl (C=O) groups is 1. The van der Waals surface area contributed by atoms with Gasteiger partial charge in [-0.25, -0.2) is 4.98 Å². The van der Waals surface area contributed by atoms with Crippen LogP contribution < -0.4 is 16.2 Å². The Bertz CT molecular complexity index is 1170. The quantitative estimate of drug-likeness (QED) is 0.457. The number of primary amides is 1. The summed E-state index contributed by atoms with van der Waals surface area (Å²) in [6.07, 6.45) is 2.91. The SMILES string of the molecule is CC(Oc1nc(-c2cccc(Cl)c2)c2c(N)c(C(N)=O)sc2n1)c1c[nH]cn1. The number of H-pyrrole nitrogens is 1. The summed E-state index contributed by atoms with van der Waals surface area (Å²) < 4.78 is 5.88. The van der Waals surface area contributed by atoms with Crippen LogP contribution in [0, 0.1) is 0 Å². The van der Waals surface area contributed by atoms with E-state index in [0.29, 0.717) is 26.6 Å². The minimum absolute atomic E-state index is 0.134. The number of imidazole rings is 1. The van der Waals surface area contributed by atoms with E-state index in [9.17, 15) is 4.79 Å². The third-order valence-corrected chi connectivity index (χ3v) is 5.46. The van der Waals surface area contributed by atoms with Gasteiger partial charge in [-0.2, -0.15) is 9.97 Å². The highest BCUT2D eigenvalue weighted by Crippen LogP contribution is 2.40. The van der Waals surface area contributed by atoms with Crippen molar-refractivity contribution in [1.29, 1.82) is 0 Å². The second-order valence-electron chi connectivity index (χ2n) is 6.01. The van der Waals surface area contributed by atoms with Crippen molar-refractivity contribution in [3.8, 4) is 17.3 Å². The summed E-state index contributed by atoms with van der Waals surface area (Å²) in [7, 11) is 0. The molecule has 10 heteroatoms. The Labute approximate surface area is 168 Å². The van der Waals surface area contributed by atoms with E-state index in [1.165, 1.54) is 0 Å². The van der Waals surface area contributed by atoms with E-state index < -0.39 is 5.91 Å². The smallest absolute Gasteiger partial charge is 0.319 e. The zero-order chi connectivity index (χ0) is 19.8. The van der Waals surface area contributed by atoms with Crippen molar-refractivity contribution >= 4 is 44.7 Å². The van der Waals surface area contributed by atoms with Crippen LogP contribution in [0.5, 0.6) is 6.01 Å². The first kappa shape index (κ1) is 18.2. The van der Waals surface area contributed by atoms with Gasteiger partial charge in [0, 0.05) is 16.8 Å². The summed E-state index contributed by atoms with van der Waals surface area (Å²) in [4.78, 5) is 28.5. The molecule has 3 aromatic heterocycles. The molecule has 3 heterocycles. The summed E-state index contributed by atoms with van der Waals surface area (Å²) in [6, 6.07) is 7.29. The highest BCUT2D eigenvalue weighted by atomic mass is 35.5. The largest absolute Gasteiger partial charge is 0.454 e. The number of ether oxygens (including phenoxy) is 1. The van der Waals surface area contributed by atoms with Gasteiger partial charge in [-0.15, -0.1) is 11.3 Å². The van der Waals surface area contributed by atoms with Crippen molar-refractivity contribution < 1.29 is 9.53 Å². The van der Waals surface area contributed by atoms with Gasteiger partial charge in [0.2, 0.25) is 0 Å². The van der Waals surface area contributed by atoms with E-state index in [2.05, 4.69) is 19.9 Å². The first-order chi connectivity index (χ1) is 13.4. The third-order valence-electron chi connectivity index (χ3n) is 4.11. The van der Waals surface area contributed by atoms with Crippen molar-refractivity contribution in [2.45, 2.75) is 13.0 Å². The van der Waals surface area contributed by atoms with Crippen LogP contribution >= 0.6 is 22.9 Å². The molecule has 28 heavy (non-hydrogen) atoms. The van der Waals surface area contributed by atoms with Crippen LogP contribution in [-0.4, -0.2) is 25.8 Å². The third kappa shape index (κ3) is 3.25. The fraction of sp³-hybridized carbons (Fsp3) is 0.111. The van der Waals surface area contributed by atoms with Crippen LogP contribution in [0.1, 0.15) is 28.4 Å². The maximum Gasteiger partial charge on any atom is 0.319 e. The number of halogens is 1. The Balaban J connectivity index is 1.89. The fourth-order valence-corrected chi connectivity index (χ4v) is 3.92. The number of thiophene rings is 1. The van der Waals surface area contributed by atoms with E-state index in [1.54, 1.807) is 30.7 Å². The number of amides is 1. The molecule has 0 spiro atoms. The number of benzene rings is 1. The molecule has 0 aliphatic rings. The maximum absolute atomic E-state index is 11.8. The van der Waals surface area contributed by atoms with Gasteiger partial charge in [0.05, 0.1) is 28.8 Å². The lowest BCUT2D eigenvalue weighted by Crippen LogP contribution is -2.10. The van der Waals surface area contributed by atoms with E-state index in [1.807, 2.05) is 13.0 Å². The average molecular weight is 415 g/mol. The molecule has 1 unspecified atom stereocenters. The number of anilines is 1. The summed E-state index contributed by atoms with van der Waals surface area (Å²) in [5.74, 6) is -0.620. The minimum atomic E-state index is -0.620. The molecule has 5 N–H and O–H groups in total. The highest BCUT2D eigenvalue weighted by molar-refractivity contribution is 7.21. The van der Waals surface area contributed by atoms with Crippen molar-refractivity contribution in [3.05, 3.63) is 52.4 Å². The topological polar surface area (TPSA) is 133 Å². The zero-order valence-corrected chi connectivity index (χ0v) is 16.2. The van der Waals surface area contributed by atoms with Crippen molar-refractivity contribution in [3.63, 3.8) is 0 Å². The summed E-state index contributed by atoms with van der Waals surface area (Å²) in [5, 5.41) is 1.08. The molecule has 0 saturated carbocycles. The van der Waals surface area contributed by atoms with Gasteiger partial charge in [0.1, 0.15) is 15.8 Å². The summed E-state index contributed by atoms with van der Waals surface area (Å²) in [6.45, 7) is 1.83. The predicted octanol–water partition coefficient (Wildman–Crippen LogP) is 3.56. The van der Waals surface area contributed by atoms with Crippen LogP contribution in [0.2, 0.25) is 5.02 Å². The lowest BCUT2D eigenvalue weighted by molar-refractivity contribution is 0.100. The van der Waals surface area contributed by atoms with Crippen molar-refractivity contribution in [2.24, 2.45) is 5.73 Å². The molecule has 0 aliphatic carbocycles. The Morgan fingerprint density at radius 3 is 2.86 bits per heavy atom. The van der Waals surface area contributed by atoms with Crippen LogP contribution in [0.15, 0.2) is 36.8 Å². The molecule has 142 valence electrons. The van der Waals surface area contributed by atoms with Gasteiger partial charge in [0.25, 0.3) is 5.91 Å². The molecule has 1 aromatic carbocycles. The number of aromatic nitrogens is 4. The number of nitrogen functional groups attached to an aromatic ring is 1. The Kier molecular flexibility index (Phi) is 4.62. The van der Waals surface area contributed by atoms with Crippen molar-refractivity contribution in [1.82, 2.24) is 19.9 Å². The van der Waals surface area contributed by atoms with E-state index in [0.717, 1.165) is 16.9 Å². The summed E-state index contributed by atoms with van der Waals surface area (Å²) >= 11 is 7.24. The van der Waals surface area contributed by atoms with Crippen LogP contribution in [-0.2, 0) is 0 Å². The van der Waals surface area contributed by atoms with Gasteiger partial charge < -0.3 is 21.2 Å². The standard InChI is InChI=1S/C18H15ClN6O2S/c1-8(11-6-22-7-23-11)27-18-24-14(9-3-2-4-10(19)5-9)12-13(20)15(16(21)26)28-17(12)25-18/h2-8H,20H2,1H3,(H2,21,26)(H,22,23). The Morgan fingerprint density at radius 2 is 2.18 bits per heavy atom. The van der Waals surface area contributed by atoms with Crippen LogP contribution in [0.25, 0.3) is 21.5 Å². The number of aromatic amines is 1. The predicted molar refractivity (Wildman–Crippen MR) is 108 cm³/mol. The minimum Gasteiger partial charge on any atom is -0.454 e.